The first-order valence-electron chi connectivity index (χ1n) is 7.65. The fraction of sp³-hybridized carbons (Fsp3) is 0.176. The molecule has 1 N–H and O–H groups in total. The van der Waals surface area contributed by atoms with Crippen molar-refractivity contribution in [3.05, 3.63) is 52.7 Å². The van der Waals surface area contributed by atoms with E-state index in [2.05, 4.69) is 9.71 Å². The molecule has 6 nitrogen and oxygen atoms in total. The van der Waals surface area contributed by atoms with Gasteiger partial charge in [0.1, 0.15) is 11.0 Å². The van der Waals surface area contributed by atoms with Crippen LogP contribution in [0.1, 0.15) is 12.5 Å². The largest absolute Gasteiger partial charge is 0.405 e. The summed E-state index contributed by atoms with van der Waals surface area (Å²) in [7, 11) is -3.81. The molecular formula is C17H16N2O4S3. The van der Waals surface area contributed by atoms with Gasteiger partial charge < -0.3 is 4.74 Å². The van der Waals surface area contributed by atoms with Gasteiger partial charge in [-0.3, -0.25) is 0 Å². The van der Waals surface area contributed by atoms with Gasteiger partial charge in [-0.2, -0.15) is 4.72 Å². The van der Waals surface area contributed by atoms with Crippen molar-refractivity contribution >= 4 is 38.7 Å². The molecule has 0 amide bonds. The van der Waals surface area contributed by atoms with Crippen LogP contribution < -0.4 is 9.46 Å². The van der Waals surface area contributed by atoms with Crippen molar-refractivity contribution in [2.45, 2.75) is 24.8 Å². The summed E-state index contributed by atoms with van der Waals surface area (Å²) < 4.78 is 32.2. The Morgan fingerprint density at radius 2 is 1.92 bits per heavy atom. The molecule has 1 atom stereocenters. The van der Waals surface area contributed by atoms with E-state index < -0.39 is 22.0 Å². The van der Waals surface area contributed by atoms with Crippen LogP contribution in [0.5, 0.6) is 5.88 Å². The van der Waals surface area contributed by atoms with Gasteiger partial charge >= 0.3 is 5.97 Å². The molecule has 2 heterocycles. The summed E-state index contributed by atoms with van der Waals surface area (Å²) in [6.45, 7) is 3.29. The second-order valence-electron chi connectivity index (χ2n) is 5.55. The predicted molar refractivity (Wildman–Crippen MR) is 102 cm³/mol. The number of nitrogens with zero attached hydrogens (tertiary/aromatic N) is 1. The van der Waals surface area contributed by atoms with Crippen molar-refractivity contribution in [1.29, 1.82) is 0 Å². The molecule has 0 saturated heterocycles. The zero-order chi connectivity index (χ0) is 18.7. The molecule has 0 aliphatic carbocycles. The van der Waals surface area contributed by atoms with Crippen molar-refractivity contribution in [1.82, 2.24) is 9.71 Å². The first-order valence-corrected chi connectivity index (χ1v) is 10.9. The van der Waals surface area contributed by atoms with Crippen molar-refractivity contribution in [2.75, 3.05) is 0 Å². The number of aryl methyl sites for hydroxylation is 1. The van der Waals surface area contributed by atoms with E-state index in [-0.39, 0.29) is 10.8 Å². The number of carbonyl (C=O) groups is 1. The van der Waals surface area contributed by atoms with Gasteiger partial charge in [-0.15, -0.1) is 22.7 Å². The van der Waals surface area contributed by atoms with E-state index in [1.807, 2.05) is 24.4 Å². The van der Waals surface area contributed by atoms with E-state index in [0.717, 1.165) is 15.4 Å². The van der Waals surface area contributed by atoms with Gasteiger partial charge in [-0.1, -0.05) is 23.8 Å². The molecule has 1 aromatic carbocycles. The summed E-state index contributed by atoms with van der Waals surface area (Å²) in [5.74, 6) is -0.562. The number of thiophene rings is 1. The molecule has 3 aromatic rings. The van der Waals surface area contributed by atoms with Crippen LogP contribution in [-0.4, -0.2) is 25.4 Å². The van der Waals surface area contributed by atoms with Crippen LogP contribution in [0.25, 0.3) is 9.88 Å². The minimum Gasteiger partial charge on any atom is -0.405 e. The maximum Gasteiger partial charge on any atom is 0.330 e. The number of hydrogen-bond donors (Lipinski definition) is 1. The number of hydrogen-bond acceptors (Lipinski definition) is 7. The number of aromatic nitrogens is 1. The lowest BCUT2D eigenvalue weighted by Gasteiger charge is -2.12. The second kappa shape index (κ2) is 7.67. The number of nitrogens with one attached hydrogen (secondary N) is 1. The Bertz CT molecular complexity index is 993. The Kier molecular flexibility index (Phi) is 5.52. The Morgan fingerprint density at radius 3 is 2.58 bits per heavy atom. The highest BCUT2D eigenvalue weighted by atomic mass is 32.2. The molecule has 0 saturated carbocycles. The van der Waals surface area contributed by atoms with Gasteiger partial charge in [-0.25, -0.2) is 18.2 Å². The predicted octanol–water partition coefficient (Wildman–Crippen LogP) is 3.45. The molecular weight excluding hydrogens is 392 g/mol. The third kappa shape index (κ3) is 4.36. The molecule has 1 unspecified atom stereocenters. The minimum absolute atomic E-state index is 0.0939. The SMILES string of the molecule is Cc1ccc(S(=O)(=O)NC(C)C(=O)Oc2csc(-c3cccs3)n2)cc1. The fourth-order valence-electron chi connectivity index (χ4n) is 2.08. The van der Waals surface area contributed by atoms with Crippen LogP contribution in [0.3, 0.4) is 0 Å². The molecule has 9 heteroatoms. The van der Waals surface area contributed by atoms with Crippen molar-refractivity contribution in [3.8, 4) is 15.8 Å². The Labute approximate surface area is 159 Å². The summed E-state index contributed by atoms with van der Waals surface area (Å²) in [5.41, 5.74) is 0.946. The lowest BCUT2D eigenvalue weighted by molar-refractivity contribution is -0.136. The first kappa shape index (κ1) is 18.7. The van der Waals surface area contributed by atoms with E-state index in [1.54, 1.807) is 17.5 Å². The van der Waals surface area contributed by atoms with Gasteiger partial charge in [0.2, 0.25) is 15.9 Å². The average Bonchev–Trinajstić information content (AvgIpc) is 3.25. The van der Waals surface area contributed by atoms with Crippen LogP contribution in [0.2, 0.25) is 0 Å². The van der Waals surface area contributed by atoms with E-state index in [4.69, 9.17) is 4.74 Å². The number of rotatable bonds is 6. The van der Waals surface area contributed by atoms with Crippen molar-refractivity contribution < 1.29 is 17.9 Å². The van der Waals surface area contributed by atoms with Crippen molar-refractivity contribution in [2.24, 2.45) is 0 Å². The van der Waals surface area contributed by atoms with Gasteiger partial charge in [0.15, 0.2) is 0 Å². The third-order valence-electron chi connectivity index (χ3n) is 3.44. The topological polar surface area (TPSA) is 85.4 Å². The Hall–Kier alpha value is -2.07. The molecule has 3 rings (SSSR count). The van der Waals surface area contributed by atoms with Gasteiger partial charge in [0, 0.05) is 0 Å². The molecule has 0 aliphatic heterocycles. The van der Waals surface area contributed by atoms with E-state index >= 15 is 0 Å². The summed E-state index contributed by atoms with van der Waals surface area (Å²) in [6, 6.07) is 9.15. The highest BCUT2D eigenvalue weighted by molar-refractivity contribution is 7.89. The zero-order valence-electron chi connectivity index (χ0n) is 14.0. The second-order valence-corrected chi connectivity index (χ2v) is 9.07. The summed E-state index contributed by atoms with van der Waals surface area (Å²) in [5, 5.41) is 4.30. The van der Waals surface area contributed by atoms with Crippen LogP contribution in [0, 0.1) is 6.92 Å². The van der Waals surface area contributed by atoms with Crippen molar-refractivity contribution in [3.63, 3.8) is 0 Å². The lowest BCUT2D eigenvalue weighted by atomic mass is 10.2. The van der Waals surface area contributed by atoms with Gasteiger partial charge in [0.25, 0.3) is 0 Å². The quantitative estimate of drug-likeness (QED) is 0.632. The van der Waals surface area contributed by atoms with Gasteiger partial charge in [-0.05, 0) is 37.4 Å². The fourth-order valence-corrected chi connectivity index (χ4v) is 4.81. The first-order chi connectivity index (χ1) is 12.3. The molecule has 0 bridgehead atoms. The minimum atomic E-state index is -3.81. The molecule has 0 aliphatic rings. The van der Waals surface area contributed by atoms with E-state index in [0.29, 0.717) is 0 Å². The molecule has 0 radical (unpaired) electrons. The van der Waals surface area contributed by atoms with Crippen LogP contribution in [-0.2, 0) is 14.8 Å². The van der Waals surface area contributed by atoms with Crippen LogP contribution in [0.15, 0.2) is 52.1 Å². The monoisotopic (exact) mass is 408 g/mol. The number of thiazole rings is 1. The number of benzene rings is 1. The number of ether oxygens (including phenoxy) is 1. The maximum atomic E-state index is 12.3. The summed E-state index contributed by atoms with van der Waals surface area (Å²) in [6.07, 6.45) is 0. The van der Waals surface area contributed by atoms with E-state index in [1.165, 1.54) is 41.7 Å². The lowest BCUT2D eigenvalue weighted by Crippen LogP contribution is -2.40. The average molecular weight is 409 g/mol. The normalized spacial score (nSPS) is 12.7. The number of carbonyl (C=O) groups excluding carboxylic acids is 1. The molecule has 2 aromatic heterocycles. The number of sulfonamides is 1. The Morgan fingerprint density at radius 1 is 1.19 bits per heavy atom. The van der Waals surface area contributed by atoms with Gasteiger partial charge in [0.05, 0.1) is 15.2 Å². The molecule has 0 fully saturated rings. The summed E-state index contributed by atoms with van der Waals surface area (Å²) >= 11 is 2.89. The summed E-state index contributed by atoms with van der Waals surface area (Å²) in [4.78, 5) is 17.5. The molecule has 0 spiro atoms. The molecule has 26 heavy (non-hydrogen) atoms. The third-order valence-corrected chi connectivity index (χ3v) is 6.85. The zero-order valence-corrected chi connectivity index (χ0v) is 16.5. The standard InChI is InChI=1S/C17H16N2O4S3/c1-11-5-7-13(8-6-11)26(21,22)19-12(2)17(20)23-15-10-25-16(18-15)14-4-3-9-24-14/h3-10,12,19H,1-2H3. The highest BCUT2D eigenvalue weighted by Gasteiger charge is 2.24. The van der Waals surface area contributed by atoms with Crippen LogP contribution >= 0.6 is 22.7 Å². The van der Waals surface area contributed by atoms with E-state index in [9.17, 15) is 13.2 Å². The van der Waals surface area contributed by atoms with Crippen LogP contribution in [0.4, 0.5) is 0 Å². The highest BCUT2D eigenvalue weighted by Crippen LogP contribution is 2.30. The number of esters is 1. The smallest absolute Gasteiger partial charge is 0.330 e. The Balaban J connectivity index is 1.65. The maximum absolute atomic E-state index is 12.3. The molecule has 136 valence electrons.